The van der Waals surface area contributed by atoms with E-state index in [4.69, 9.17) is 9.47 Å². The average Bonchev–Trinajstić information content (AvgIpc) is 2.82. The van der Waals surface area contributed by atoms with Crippen molar-refractivity contribution in [1.29, 1.82) is 0 Å². The highest BCUT2D eigenvalue weighted by atomic mass is 16.5. The van der Waals surface area contributed by atoms with Crippen molar-refractivity contribution in [3.63, 3.8) is 0 Å². The van der Waals surface area contributed by atoms with Crippen molar-refractivity contribution in [2.24, 2.45) is 5.92 Å². The monoisotopic (exact) mass is 465 g/mol. The van der Waals surface area contributed by atoms with Crippen LogP contribution in [0.1, 0.15) is 44.7 Å². The van der Waals surface area contributed by atoms with Gasteiger partial charge in [-0.1, -0.05) is 18.2 Å². The molecular formula is C27H35N3O4. The predicted octanol–water partition coefficient (Wildman–Crippen LogP) is 4.52. The molecule has 4 rings (SSSR count). The third-order valence-electron chi connectivity index (χ3n) is 6.30. The topological polar surface area (TPSA) is 71.1 Å². The van der Waals surface area contributed by atoms with Gasteiger partial charge in [-0.05, 0) is 75.9 Å². The van der Waals surface area contributed by atoms with Gasteiger partial charge in [0.25, 0.3) is 0 Å². The van der Waals surface area contributed by atoms with Crippen molar-refractivity contribution >= 4 is 17.6 Å². The molecule has 34 heavy (non-hydrogen) atoms. The molecule has 1 N–H and O–H groups in total. The van der Waals surface area contributed by atoms with Crippen LogP contribution in [0.5, 0.6) is 11.5 Å². The molecule has 0 bridgehead atoms. The molecule has 7 heteroatoms. The van der Waals surface area contributed by atoms with E-state index in [0.717, 1.165) is 28.3 Å². The lowest BCUT2D eigenvalue weighted by Crippen LogP contribution is -2.52. The number of nitrogens with one attached hydrogen (secondary N) is 1. The fourth-order valence-corrected chi connectivity index (χ4v) is 4.52. The highest BCUT2D eigenvalue weighted by Gasteiger charge is 2.34. The Kier molecular flexibility index (Phi) is 7.29. The first-order chi connectivity index (χ1) is 16.3. The molecule has 0 radical (unpaired) electrons. The first-order valence-corrected chi connectivity index (χ1v) is 12.2. The largest absolute Gasteiger partial charge is 0.491 e. The summed E-state index contributed by atoms with van der Waals surface area (Å²) >= 11 is 0. The van der Waals surface area contributed by atoms with Gasteiger partial charge in [-0.2, -0.15) is 0 Å². The van der Waals surface area contributed by atoms with Crippen LogP contribution in [0.3, 0.4) is 0 Å². The molecule has 2 aromatic carbocycles. The lowest BCUT2D eigenvalue weighted by Gasteiger charge is -2.39. The lowest BCUT2D eigenvalue weighted by atomic mass is 9.96. The van der Waals surface area contributed by atoms with Gasteiger partial charge < -0.3 is 19.7 Å². The number of likely N-dealkylation sites (tertiary alicyclic amines) is 1. The zero-order chi connectivity index (χ0) is 24.2. The number of rotatable bonds is 5. The Morgan fingerprint density at radius 3 is 2.50 bits per heavy atom. The van der Waals surface area contributed by atoms with Gasteiger partial charge in [0.05, 0.1) is 18.3 Å². The van der Waals surface area contributed by atoms with Crippen molar-refractivity contribution in [1.82, 2.24) is 10.2 Å². The fourth-order valence-electron chi connectivity index (χ4n) is 4.52. The minimum absolute atomic E-state index is 0.00966. The Morgan fingerprint density at radius 2 is 1.82 bits per heavy atom. The van der Waals surface area contributed by atoms with E-state index < -0.39 is 0 Å². The Bertz CT molecular complexity index is 1010. The van der Waals surface area contributed by atoms with Crippen LogP contribution in [0.4, 0.5) is 10.5 Å². The van der Waals surface area contributed by atoms with E-state index in [1.165, 1.54) is 0 Å². The number of amides is 3. The summed E-state index contributed by atoms with van der Waals surface area (Å²) in [7, 11) is 0. The molecule has 0 spiro atoms. The van der Waals surface area contributed by atoms with Crippen LogP contribution >= 0.6 is 0 Å². The van der Waals surface area contributed by atoms with Crippen molar-refractivity contribution in [2.45, 2.75) is 59.3 Å². The summed E-state index contributed by atoms with van der Waals surface area (Å²) in [6, 6.07) is 13.7. The van der Waals surface area contributed by atoms with E-state index >= 15 is 0 Å². The molecule has 1 atom stereocenters. The standard InChI is InChI=1S/C27H35N3O4/c1-18(2)33-23-8-6-21(7-9-23)16-28-26(31)22-11-13-29(14-12-22)27(32)30-17-20(4)34-25-10-5-19(3)15-24(25)30/h5-10,15,18,20,22H,11-14,16-17H2,1-4H3,(H,28,31)/t20-/m1/s1. The molecule has 2 aromatic rings. The number of ether oxygens (including phenoxy) is 2. The van der Waals surface area contributed by atoms with Crippen molar-refractivity contribution in [3.05, 3.63) is 53.6 Å². The smallest absolute Gasteiger partial charge is 0.324 e. The molecule has 1 fully saturated rings. The number of anilines is 1. The van der Waals surface area contributed by atoms with E-state index in [-0.39, 0.29) is 30.1 Å². The number of hydrogen-bond donors (Lipinski definition) is 1. The Labute approximate surface area is 202 Å². The molecule has 3 amide bonds. The highest BCUT2D eigenvalue weighted by molar-refractivity contribution is 5.94. The molecule has 2 aliphatic heterocycles. The number of benzene rings is 2. The van der Waals surface area contributed by atoms with Crippen LogP contribution in [0.2, 0.25) is 0 Å². The van der Waals surface area contributed by atoms with Crippen molar-refractivity contribution in [2.75, 3.05) is 24.5 Å². The fraction of sp³-hybridized carbons (Fsp3) is 0.481. The summed E-state index contributed by atoms with van der Waals surface area (Å²) in [5, 5.41) is 3.05. The Hall–Kier alpha value is -3.22. The minimum Gasteiger partial charge on any atom is -0.491 e. The minimum atomic E-state index is -0.0780. The first kappa shape index (κ1) is 23.9. The molecule has 2 heterocycles. The number of carbonyl (C=O) groups excluding carboxylic acids is 2. The molecule has 1 saturated heterocycles. The van der Waals surface area contributed by atoms with Crippen LogP contribution in [0, 0.1) is 12.8 Å². The normalized spacial score (nSPS) is 18.3. The third-order valence-corrected chi connectivity index (χ3v) is 6.30. The molecule has 0 aromatic heterocycles. The summed E-state index contributed by atoms with van der Waals surface area (Å²) < 4.78 is 11.6. The number of hydrogen-bond acceptors (Lipinski definition) is 4. The maximum atomic E-state index is 13.3. The zero-order valence-corrected chi connectivity index (χ0v) is 20.5. The van der Waals surface area contributed by atoms with Crippen LogP contribution in [0.25, 0.3) is 0 Å². The number of piperidine rings is 1. The van der Waals surface area contributed by atoms with Gasteiger partial charge in [-0.15, -0.1) is 0 Å². The van der Waals surface area contributed by atoms with Gasteiger partial charge in [-0.3, -0.25) is 9.69 Å². The van der Waals surface area contributed by atoms with Gasteiger partial charge >= 0.3 is 6.03 Å². The summed E-state index contributed by atoms with van der Waals surface area (Å²) in [4.78, 5) is 29.8. The van der Waals surface area contributed by atoms with Gasteiger partial charge in [0.15, 0.2) is 0 Å². The van der Waals surface area contributed by atoms with Gasteiger partial charge in [0, 0.05) is 25.6 Å². The average molecular weight is 466 g/mol. The third kappa shape index (κ3) is 5.64. The van der Waals surface area contributed by atoms with Gasteiger partial charge in [0.1, 0.15) is 17.6 Å². The molecule has 0 aliphatic carbocycles. The molecule has 7 nitrogen and oxygen atoms in total. The predicted molar refractivity (Wildman–Crippen MR) is 132 cm³/mol. The quantitative estimate of drug-likeness (QED) is 0.705. The molecule has 182 valence electrons. The summed E-state index contributed by atoms with van der Waals surface area (Å²) in [5.41, 5.74) is 2.95. The second-order valence-electron chi connectivity index (χ2n) is 9.58. The van der Waals surface area contributed by atoms with Crippen molar-refractivity contribution < 1.29 is 19.1 Å². The molecule has 0 unspecified atom stereocenters. The van der Waals surface area contributed by atoms with Crippen LogP contribution in [-0.2, 0) is 11.3 Å². The second kappa shape index (κ2) is 10.4. The number of aryl methyl sites for hydroxylation is 1. The SMILES string of the molecule is Cc1ccc2c(c1)N(C(=O)N1CCC(C(=O)NCc3ccc(OC(C)C)cc3)CC1)C[C@@H](C)O2. The van der Waals surface area contributed by atoms with E-state index in [0.29, 0.717) is 39.0 Å². The van der Waals surface area contributed by atoms with E-state index in [1.807, 2.05) is 80.0 Å². The maximum Gasteiger partial charge on any atom is 0.324 e. The molecular weight excluding hydrogens is 430 g/mol. The summed E-state index contributed by atoms with van der Waals surface area (Å²) in [5.74, 6) is 1.55. The van der Waals surface area contributed by atoms with E-state index in [2.05, 4.69) is 5.32 Å². The van der Waals surface area contributed by atoms with Crippen molar-refractivity contribution in [3.8, 4) is 11.5 Å². The summed E-state index contributed by atoms with van der Waals surface area (Å²) in [6.07, 6.45) is 1.40. The Morgan fingerprint density at radius 1 is 1.12 bits per heavy atom. The first-order valence-electron chi connectivity index (χ1n) is 12.2. The highest BCUT2D eigenvalue weighted by Crippen LogP contribution is 2.35. The number of fused-ring (bicyclic) bond motifs is 1. The van der Waals surface area contributed by atoms with Crippen LogP contribution in [-0.4, -0.2) is 48.7 Å². The lowest BCUT2D eigenvalue weighted by molar-refractivity contribution is -0.126. The van der Waals surface area contributed by atoms with Crippen LogP contribution in [0.15, 0.2) is 42.5 Å². The Balaban J connectivity index is 1.29. The maximum absolute atomic E-state index is 13.3. The second-order valence-corrected chi connectivity index (χ2v) is 9.58. The van der Waals surface area contributed by atoms with Gasteiger partial charge in [0.2, 0.25) is 5.91 Å². The van der Waals surface area contributed by atoms with E-state index in [1.54, 1.807) is 0 Å². The number of carbonyl (C=O) groups is 2. The molecule has 0 saturated carbocycles. The summed E-state index contributed by atoms with van der Waals surface area (Å²) in [6.45, 7) is 10.1. The van der Waals surface area contributed by atoms with Crippen LogP contribution < -0.4 is 19.7 Å². The molecule has 2 aliphatic rings. The number of nitrogens with zero attached hydrogens (tertiary/aromatic N) is 2. The number of urea groups is 1. The zero-order valence-electron chi connectivity index (χ0n) is 20.5. The van der Waals surface area contributed by atoms with E-state index in [9.17, 15) is 9.59 Å². The van der Waals surface area contributed by atoms with Gasteiger partial charge in [-0.25, -0.2) is 4.79 Å².